The Balaban J connectivity index is 2.18. The van der Waals surface area contributed by atoms with E-state index in [1.165, 1.54) is 13.3 Å². The van der Waals surface area contributed by atoms with Gasteiger partial charge in [0.1, 0.15) is 11.7 Å². The van der Waals surface area contributed by atoms with Crippen LogP contribution in [0.5, 0.6) is 0 Å². The van der Waals surface area contributed by atoms with Gasteiger partial charge in [0, 0.05) is 18.8 Å². The minimum atomic E-state index is -0.816. The third-order valence-corrected chi connectivity index (χ3v) is 2.28. The Morgan fingerprint density at radius 1 is 1.73 bits per heavy atom. The average molecular weight is 210 g/mol. The highest BCUT2D eigenvalue weighted by molar-refractivity contribution is 5.95. The van der Waals surface area contributed by atoms with Crippen molar-refractivity contribution < 1.29 is 13.9 Å². The molecule has 0 saturated heterocycles. The van der Waals surface area contributed by atoms with Crippen LogP contribution in [-0.4, -0.2) is 30.3 Å². The summed E-state index contributed by atoms with van der Waals surface area (Å²) in [7, 11) is 1.30. The summed E-state index contributed by atoms with van der Waals surface area (Å²) in [4.78, 5) is 15.1. The number of nitrogens with zero attached hydrogens (tertiary/aromatic N) is 1. The second kappa shape index (κ2) is 3.84. The van der Waals surface area contributed by atoms with Crippen molar-refractivity contribution in [1.82, 2.24) is 4.98 Å². The number of hydrogen-bond acceptors (Lipinski definition) is 4. The molecule has 1 aromatic heterocycles. The zero-order valence-electron chi connectivity index (χ0n) is 8.24. The lowest BCUT2D eigenvalue weighted by Gasteiger charge is -2.08. The van der Waals surface area contributed by atoms with E-state index in [1.54, 1.807) is 12.3 Å². The number of alkyl halides is 1. The molecule has 0 aromatic carbocycles. The van der Waals surface area contributed by atoms with Crippen LogP contribution in [0.1, 0.15) is 16.8 Å². The van der Waals surface area contributed by atoms with E-state index >= 15 is 0 Å². The molecule has 0 aliphatic heterocycles. The van der Waals surface area contributed by atoms with Crippen molar-refractivity contribution in [2.45, 2.75) is 18.6 Å². The molecule has 1 fully saturated rings. The van der Waals surface area contributed by atoms with Crippen molar-refractivity contribution in [2.75, 3.05) is 12.4 Å². The first-order valence-corrected chi connectivity index (χ1v) is 4.65. The van der Waals surface area contributed by atoms with Gasteiger partial charge in [-0.15, -0.1) is 0 Å². The maximum atomic E-state index is 12.7. The minimum Gasteiger partial charge on any atom is -0.465 e. The van der Waals surface area contributed by atoms with E-state index in [0.29, 0.717) is 17.7 Å². The standard InChI is InChI=1S/C10H11FN2O2/c1-15-10(14)6-5-12-3-2-8(6)13-9-4-7(9)11/h2-3,5,7,9H,4H2,1H3,(H,12,13)/t7-,9+/m1/s1. The normalized spacial score (nSPS) is 23.3. The van der Waals surface area contributed by atoms with E-state index in [2.05, 4.69) is 15.0 Å². The van der Waals surface area contributed by atoms with Crippen LogP contribution >= 0.6 is 0 Å². The van der Waals surface area contributed by atoms with Gasteiger partial charge >= 0.3 is 5.97 Å². The molecule has 2 rings (SSSR count). The Hall–Kier alpha value is -1.65. The van der Waals surface area contributed by atoms with Crippen molar-refractivity contribution in [3.63, 3.8) is 0 Å². The Bertz CT molecular complexity index is 383. The summed E-state index contributed by atoms with van der Waals surface area (Å²) in [5.41, 5.74) is 0.904. The van der Waals surface area contributed by atoms with E-state index in [0.717, 1.165) is 0 Å². The van der Waals surface area contributed by atoms with Crippen LogP contribution in [0.2, 0.25) is 0 Å². The van der Waals surface area contributed by atoms with Crippen LogP contribution in [-0.2, 0) is 4.74 Å². The molecule has 0 bridgehead atoms. The van der Waals surface area contributed by atoms with Gasteiger partial charge in [-0.3, -0.25) is 4.98 Å². The zero-order valence-corrected chi connectivity index (χ0v) is 8.24. The van der Waals surface area contributed by atoms with Gasteiger partial charge in [-0.25, -0.2) is 9.18 Å². The van der Waals surface area contributed by atoms with Crippen molar-refractivity contribution in [3.8, 4) is 0 Å². The van der Waals surface area contributed by atoms with Gasteiger partial charge in [0.05, 0.1) is 18.8 Å². The molecule has 15 heavy (non-hydrogen) atoms. The monoisotopic (exact) mass is 210 g/mol. The van der Waals surface area contributed by atoms with Gasteiger partial charge in [0.25, 0.3) is 0 Å². The molecule has 1 heterocycles. The number of rotatable bonds is 3. The van der Waals surface area contributed by atoms with Crippen LogP contribution in [0.25, 0.3) is 0 Å². The summed E-state index contributed by atoms with van der Waals surface area (Å²) < 4.78 is 17.3. The first-order chi connectivity index (χ1) is 7.22. The molecule has 1 aliphatic rings. The number of aromatic nitrogens is 1. The quantitative estimate of drug-likeness (QED) is 0.766. The highest BCUT2D eigenvalue weighted by atomic mass is 19.1. The number of nitrogens with one attached hydrogen (secondary N) is 1. The summed E-state index contributed by atoms with van der Waals surface area (Å²) in [5, 5.41) is 2.93. The predicted molar refractivity (Wildman–Crippen MR) is 52.5 cm³/mol. The van der Waals surface area contributed by atoms with Crippen LogP contribution in [0.15, 0.2) is 18.5 Å². The topological polar surface area (TPSA) is 51.2 Å². The Morgan fingerprint density at radius 2 is 2.47 bits per heavy atom. The lowest BCUT2D eigenvalue weighted by Crippen LogP contribution is -2.11. The molecule has 0 unspecified atom stereocenters. The molecule has 5 heteroatoms. The molecule has 0 spiro atoms. The molecule has 1 N–H and O–H groups in total. The van der Waals surface area contributed by atoms with Gasteiger partial charge in [-0.2, -0.15) is 0 Å². The van der Waals surface area contributed by atoms with Crippen LogP contribution in [0.4, 0.5) is 10.1 Å². The number of halogens is 1. The third-order valence-electron chi connectivity index (χ3n) is 2.28. The maximum Gasteiger partial charge on any atom is 0.341 e. The van der Waals surface area contributed by atoms with E-state index < -0.39 is 12.1 Å². The largest absolute Gasteiger partial charge is 0.465 e. The number of pyridine rings is 1. The van der Waals surface area contributed by atoms with Crippen molar-refractivity contribution in [1.29, 1.82) is 0 Å². The highest BCUT2D eigenvalue weighted by Gasteiger charge is 2.37. The summed E-state index contributed by atoms with van der Waals surface area (Å²) in [6.07, 6.45) is 2.63. The molecular weight excluding hydrogens is 199 g/mol. The summed E-state index contributed by atoms with van der Waals surface area (Å²) in [6.45, 7) is 0. The molecule has 1 saturated carbocycles. The molecule has 1 aromatic rings. The second-order valence-electron chi connectivity index (χ2n) is 3.42. The fraction of sp³-hybridized carbons (Fsp3) is 0.400. The first kappa shape index (κ1) is 9.89. The SMILES string of the molecule is COC(=O)c1cnccc1N[C@H]1C[C@H]1F. The third kappa shape index (κ3) is 2.06. The zero-order chi connectivity index (χ0) is 10.8. The van der Waals surface area contributed by atoms with E-state index in [4.69, 9.17) is 0 Å². The Kier molecular flexibility index (Phi) is 2.53. The lowest BCUT2D eigenvalue weighted by atomic mass is 10.2. The van der Waals surface area contributed by atoms with Crippen molar-refractivity contribution in [2.24, 2.45) is 0 Å². The number of carbonyl (C=O) groups is 1. The first-order valence-electron chi connectivity index (χ1n) is 4.65. The number of carbonyl (C=O) groups excluding carboxylic acids is 1. The van der Waals surface area contributed by atoms with Gasteiger partial charge < -0.3 is 10.1 Å². The Morgan fingerprint density at radius 3 is 3.07 bits per heavy atom. The van der Waals surface area contributed by atoms with E-state index in [1.807, 2.05) is 0 Å². The summed E-state index contributed by atoms with van der Waals surface area (Å²) in [6, 6.07) is 1.45. The Labute approximate surface area is 86.5 Å². The van der Waals surface area contributed by atoms with Gasteiger partial charge in [0.15, 0.2) is 0 Å². The molecule has 0 amide bonds. The average Bonchev–Trinajstić information content (AvgIpc) is 2.94. The van der Waals surface area contributed by atoms with Gasteiger partial charge in [-0.05, 0) is 6.07 Å². The van der Waals surface area contributed by atoms with Crippen LogP contribution in [0, 0.1) is 0 Å². The number of esters is 1. The summed E-state index contributed by atoms with van der Waals surface area (Å²) >= 11 is 0. The fourth-order valence-corrected chi connectivity index (χ4v) is 1.31. The number of hydrogen-bond donors (Lipinski definition) is 1. The molecule has 4 nitrogen and oxygen atoms in total. The fourth-order valence-electron chi connectivity index (χ4n) is 1.31. The molecule has 0 radical (unpaired) electrons. The molecule has 1 aliphatic carbocycles. The molecular formula is C10H11FN2O2. The highest BCUT2D eigenvalue weighted by Crippen LogP contribution is 2.30. The number of methoxy groups -OCH3 is 1. The van der Waals surface area contributed by atoms with Crippen molar-refractivity contribution >= 4 is 11.7 Å². The lowest BCUT2D eigenvalue weighted by molar-refractivity contribution is 0.0601. The van der Waals surface area contributed by atoms with Gasteiger partial charge in [-0.1, -0.05) is 0 Å². The van der Waals surface area contributed by atoms with Crippen molar-refractivity contribution in [3.05, 3.63) is 24.0 Å². The molecule has 80 valence electrons. The number of ether oxygens (including phenoxy) is 1. The van der Waals surface area contributed by atoms with E-state index in [9.17, 15) is 9.18 Å². The smallest absolute Gasteiger partial charge is 0.341 e. The molecule has 2 atom stereocenters. The summed E-state index contributed by atoms with van der Waals surface area (Å²) in [5.74, 6) is -0.471. The van der Waals surface area contributed by atoms with E-state index in [-0.39, 0.29) is 6.04 Å². The van der Waals surface area contributed by atoms with Gasteiger partial charge in [0.2, 0.25) is 0 Å². The van der Waals surface area contributed by atoms with Crippen LogP contribution in [0.3, 0.4) is 0 Å². The number of anilines is 1. The predicted octanol–water partition coefficient (Wildman–Crippen LogP) is 1.39. The second-order valence-corrected chi connectivity index (χ2v) is 3.42. The maximum absolute atomic E-state index is 12.7. The minimum absolute atomic E-state index is 0.184. The van der Waals surface area contributed by atoms with Crippen LogP contribution < -0.4 is 5.32 Å².